The summed E-state index contributed by atoms with van der Waals surface area (Å²) in [5.74, 6) is -1.95. The number of hydrogen-bond acceptors (Lipinski definition) is 6. The molecule has 3 amide bonds. The maximum absolute atomic E-state index is 11.8. The number of thiol groups is 1. The van der Waals surface area contributed by atoms with Crippen molar-refractivity contribution in [2.24, 2.45) is 11.5 Å². The third-order valence-electron chi connectivity index (χ3n) is 2.58. The van der Waals surface area contributed by atoms with Gasteiger partial charge in [0.15, 0.2) is 0 Å². The Bertz CT molecular complexity index is 340. The molecule has 116 valence electrons. The molecule has 0 spiro atoms. The van der Waals surface area contributed by atoms with Crippen LogP contribution in [0.25, 0.3) is 0 Å². The van der Waals surface area contributed by atoms with Crippen LogP contribution in [0.15, 0.2) is 0 Å². The van der Waals surface area contributed by atoms with Gasteiger partial charge in [0.25, 0.3) is 0 Å². The second-order valence-electron chi connectivity index (χ2n) is 4.21. The van der Waals surface area contributed by atoms with E-state index >= 15 is 0 Å². The van der Waals surface area contributed by atoms with Crippen molar-refractivity contribution in [1.82, 2.24) is 10.6 Å². The van der Waals surface area contributed by atoms with Gasteiger partial charge in [0.2, 0.25) is 17.7 Å². The molecule has 0 aliphatic carbocycles. The number of primary amides is 1. The number of aliphatic hydroxyl groups excluding tert-OH is 1. The zero-order valence-electron chi connectivity index (χ0n) is 11.2. The van der Waals surface area contributed by atoms with Gasteiger partial charge in [0, 0.05) is 0 Å². The van der Waals surface area contributed by atoms with Crippen LogP contribution in [0.2, 0.25) is 0 Å². The highest BCUT2D eigenvalue weighted by atomic mass is 32.1. The van der Waals surface area contributed by atoms with E-state index < -0.39 is 36.4 Å². The molecule has 0 bridgehead atoms. The molecule has 0 rings (SSSR count). The van der Waals surface area contributed by atoms with Gasteiger partial charge in [0.1, 0.15) is 12.1 Å². The first-order valence-corrected chi connectivity index (χ1v) is 6.90. The van der Waals surface area contributed by atoms with Crippen LogP contribution in [-0.4, -0.2) is 53.8 Å². The lowest BCUT2D eigenvalue weighted by molar-refractivity contribution is -0.131. The lowest BCUT2D eigenvalue weighted by atomic mass is 10.1. The lowest BCUT2D eigenvalue weighted by Crippen LogP contribution is -2.54. The van der Waals surface area contributed by atoms with Crippen molar-refractivity contribution in [1.29, 1.82) is 0 Å². The maximum Gasteiger partial charge on any atom is 0.245 e. The predicted molar refractivity (Wildman–Crippen MR) is 76.9 cm³/mol. The molecule has 0 aliphatic heterocycles. The fraction of sp³-hybridized carbons (Fsp3) is 0.727. The van der Waals surface area contributed by atoms with Crippen LogP contribution in [-0.2, 0) is 14.4 Å². The van der Waals surface area contributed by atoms with Crippen molar-refractivity contribution in [2.75, 3.05) is 18.9 Å². The molecule has 0 fully saturated rings. The standard InChI is InChI=1S/C11H22N4O4S/c12-4-2-1-3-7(10(13)18)15-11(19)8(5-16)14-9(17)6-20/h7-8,16,20H,1-6,12H2,(H2,13,18)(H,14,17)(H,15,19)/t7-,8-/m0/s1. The van der Waals surface area contributed by atoms with E-state index in [2.05, 4.69) is 23.3 Å². The molecule has 8 nitrogen and oxygen atoms in total. The van der Waals surface area contributed by atoms with Gasteiger partial charge in [-0.3, -0.25) is 14.4 Å². The van der Waals surface area contributed by atoms with Gasteiger partial charge in [0.05, 0.1) is 12.4 Å². The smallest absolute Gasteiger partial charge is 0.245 e. The number of aliphatic hydroxyl groups is 1. The highest BCUT2D eigenvalue weighted by molar-refractivity contribution is 7.81. The molecule has 0 unspecified atom stereocenters. The summed E-state index contributed by atoms with van der Waals surface area (Å²) in [5, 5.41) is 13.8. The maximum atomic E-state index is 11.8. The first kappa shape index (κ1) is 18.7. The molecule has 0 aromatic heterocycles. The second-order valence-corrected chi connectivity index (χ2v) is 4.53. The highest BCUT2D eigenvalue weighted by Gasteiger charge is 2.24. The number of amides is 3. The Balaban J connectivity index is 4.47. The summed E-state index contributed by atoms with van der Waals surface area (Å²) in [7, 11) is 0. The van der Waals surface area contributed by atoms with Crippen LogP contribution < -0.4 is 22.1 Å². The Morgan fingerprint density at radius 1 is 1.15 bits per heavy atom. The van der Waals surface area contributed by atoms with Crippen LogP contribution in [0.1, 0.15) is 19.3 Å². The van der Waals surface area contributed by atoms with Crippen molar-refractivity contribution in [2.45, 2.75) is 31.3 Å². The average Bonchev–Trinajstić information content (AvgIpc) is 2.42. The van der Waals surface area contributed by atoms with Crippen molar-refractivity contribution in [3.8, 4) is 0 Å². The average molecular weight is 306 g/mol. The molecule has 0 aromatic rings. The second kappa shape index (κ2) is 10.5. The molecule has 7 N–H and O–H groups in total. The summed E-state index contributed by atoms with van der Waals surface area (Å²) in [4.78, 5) is 34.2. The Morgan fingerprint density at radius 2 is 1.80 bits per heavy atom. The van der Waals surface area contributed by atoms with Crippen molar-refractivity contribution in [3.05, 3.63) is 0 Å². The van der Waals surface area contributed by atoms with Crippen molar-refractivity contribution in [3.63, 3.8) is 0 Å². The summed E-state index contributed by atoms with van der Waals surface area (Å²) >= 11 is 3.75. The van der Waals surface area contributed by atoms with Crippen LogP contribution in [0.5, 0.6) is 0 Å². The van der Waals surface area contributed by atoms with Crippen LogP contribution >= 0.6 is 12.6 Å². The minimum atomic E-state index is -1.13. The topological polar surface area (TPSA) is 148 Å². The van der Waals surface area contributed by atoms with E-state index in [4.69, 9.17) is 16.6 Å². The van der Waals surface area contributed by atoms with Gasteiger partial charge >= 0.3 is 0 Å². The van der Waals surface area contributed by atoms with Crippen molar-refractivity contribution >= 4 is 30.4 Å². The molecular formula is C11H22N4O4S. The number of hydrogen-bond donors (Lipinski definition) is 6. The van der Waals surface area contributed by atoms with Gasteiger partial charge in [-0.1, -0.05) is 0 Å². The first-order chi connectivity index (χ1) is 9.46. The van der Waals surface area contributed by atoms with E-state index in [0.29, 0.717) is 25.8 Å². The summed E-state index contributed by atoms with van der Waals surface area (Å²) in [6, 6.07) is -1.98. The molecule has 20 heavy (non-hydrogen) atoms. The van der Waals surface area contributed by atoms with Gasteiger partial charge in [-0.05, 0) is 25.8 Å². The fourth-order valence-electron chi connectivity index (χ4n) is 1.48. The Kier molecular flexibility index (Phi) is 9.77. The fourth-order valence-corrected chi connectivity index (χ4v) is 1.58. The molecule has 2 atom stereocenters. The monoisotopic (exact) mass is 306 g/mol. The largest absolute Gasteiger partial charge is 0.394 e. The van der Waals surface area contributed by atoms with Crippen molar-refractivity contribution < 1.29 is 19.5 Å². The number of nitrogens with two attached hydrogens (primary N) is 2. The number of rotatable bonds is 10. The Morgan fingerprint density at radius 3 is 2.25 bits per heavy atom. The van der Waals surface area contributed by atoms with Crippen LogP contribution in [0, 0.1) is 0 Å². The summed E-state index contributed by atoms with van der Waals surface area (Å²) in [5.41, 5.74) is 10.5. The molecular weight excluding hydrogens is 284 g/mol. The summed E-state index contributed by atoms with van der Waals surface area (Å²) < 4.78 is 0. The van der Waals surface area contributed by atoms with E-state index in [0.717, 1.165) is 0 Å². The SMILES string of the molecule is NCCCC[C@H](NC(=O)[C@H](CO)NC(=O)CS)C(N)=O. The van der Waals surface area contributed by atoms with E-state index in [1.807, 2.05) is 0 Å². The minimum absolute atomic E-state index is 0.112. The number of nitrogens with one attached hydrogen (secondary N) is 2. The molecule has 0 radical (unpaired) electrons. The van der Waals surface area contributed by atoms with E-state index in [1.165, 1.54) is 0 Å². The minimum Gasteiger partial charge on any atom is -0.394 e. The predicted octanol–water partition coefficient (Wildman–Crippen LogP) is -2.51. The van der Waals surface area contributed by atoms with Crippen LogP contribution in [0.4, 0.5) is 0 Å². The Labute approximate surface area is 123 Å². The zero-order valence-corrected chi connectivity index (χ0v) is 12.1. The molecule has 0 aliphatic rings. The van der Waals surface area contributed by atoms with E-state index in [9.17, 15) is 14.4 Å². The van der Waals surface area contributed by atoms with Gasteiger partial charge < -0.3 is 27.2 Å². The molecule has 0 heterocycles. The number of carbonyl (C=O) groups excluding carboxylic acids is 3. The zero-order chi connectivity index (χ0) is 15.5. The summed E-state index contributed by atoms with van der Waals surface area (Å²) in [6.45, 7) is -0.101. The third kappa shape index (κ3) is 7.31. The van der Waals surface area contributed by atoms with Gasteiger partial charge in [-0.25, -0.2) is 0 Å². The molecule has 0 saturated heterocycles. The lowest BCUT2D eigenvalue weighted by Gasteiger charge is -2.20. The highest BCUT2D eigenvalue weighted by Crippen LogP contribution is 2.00. The number of carbonyl (C=O) groups is 3. The normalized spacial score (nSPS) is 13.3. The van der Waals surface area contributed by atoms with E-state index in [1.54, 1.807) is 0 Å². The van der Waals surface area contributed by atoms with Crippen LogP contribution in [0.3, 0.4) is 0 Å². The number of unbranched alkanes of at least 4 members (excludes halogenated alkanes) is 1. The Hall–Kier alpha value is -1.32. The molecule has 0 saturated carbocycles. The summed E-state index contributed by atoms with van der Waals surface area (Å²) in [6.07, 6.45) is 1.70. The van der Waals surface area contributed by atoms with Gasteiger partial charge in [-0.2, -0.15) is 12.6 Å². The first-order valence-electron chi connectivity index (χ1n) is 6.27. The van der Waals surface area contributed by atoms with Gasteiger partial charge in [-0.15, -0.1) is 0 Å². The van der Waals surface area contributed by atoms with E-state index in [-0.39, 0.29) is 5.75 Å². The quantitative estimate of drug-likeness (QED) is 0.195. The third-order valence-corrected chi connectivity index (χ3v) is 2.87. The molecule has 9 heteroatoms. The molecule has 0 aromatic carbocycles.